The Hall–Kier alpha value is -0.540. The Kier molecular flexibility index (Phi) is 3.56. The van der Waals surface area contributed by atoms with Gasteiger partial charge in [0.1, 0.15) is 0 Å². The number of thioether (sulfide) groups is 1. The standard InChI is InChI=1S/C9H11NS2/c1-4-5-6-8-7(2)12-9(10-8)11-3/h4-6H,2H2,1,3H3/b5-4-,8-6+. The zero-order valence-electron chi connectivity index (χ0n) is 7.20. The lowest BCUT2D eigenvalue weighted by Crippen LogP contribution is -2.18. The average Bonchev–Trinajstić information content (AvgIpc) is 2.43. The second-order valence-electron chi connectivity index (χ2n) is 2.18. The number of rotatable bonds is 2. The van der Waals surface area contributed by atoms with Gasteiger partial charge in [0.2, 0.25) is 0 Å². The van der Waals surface area contributed by atoms with Crippen molar-refractivity contribution >= 4 is 35.8 Å². The summed E-state index contributed by atoms with van der Waals surface area (Å²) in [6.45, 7) is 5.91. The highest BCUT2D eigenvalue weighted by molar-refractivity contribution is 8.00. The zero-order valence-corrected chi connectivity index (χ0v) is 8.84. The zero-order chi connectivity index (χ0) is 8.97. The van der Waals surface area contributed by atoms with Crippen molar-refractivity contribution in [1.82, 2.24) is 4.98 Å². The van der Waals surface area contributed by atoms with Gasteiger partial charge in [-0.3, -0.25) is 0 Å². The predicted octanol–water partition coefficient (Wildman–Crippen LogP) is 1.63. The van der Waals surface area contributed by atoms with Gasteiger partial charge in [0.05, 0.1) is 5.35 Å². The maximum atomic E-state index is 4.38. The van der Waals surface area contributed by atoms with Crippen molar-refractivity contribution in [3.05, 3.63) is 22.0 Å². The molecule has 0 saturated heterocycles. The monoisotopic (exact) mass is 197 g/mol. The molecule has 1 aromatic heterocycles. The lowest BCUT2D eigenvalue weighted by Gasteiger charge is -1.78. The van der Waals surface area contributed by atoms with Crippen LogP contribution in [0.1, 0.15) is 6.92 Å². The minimum Gasteiger partial charge on any atom is -0.230 e. The Morgan fingerprint density at radius 2 is 2.33 bits per heavy atom. The van der Waals surface area contributed by atoms with Gasteiger partial charge in [0.25, 0.3) is 0 Å². The third kappa shape index (κ3) is 2.22. The third-order valence-corrected chi connectivity index (χ3v) is 3.24. The van der Waals surface area contributed by atoms with Crippen LogP contribution in [-0.2, 0) is 0 Å². The molecule has 1 aromatic rings. The summed E-state index contributed by atoms with van der Waals surface area (Å²) in [5.74, 6) is 0. The average molecular weight is 197 g/mol. The van der Waals surface area contributed by atoms with E-state index in [4.69, 9.17) is 0 Å². The summed E-state index contributed by atoms with van der Waals surface area (Å²) >= 11 is 3.30. The van der Waals surface area contributed by atoms with Crippen LogP contribution < -0.4 is 9.88 Å². The minimum absolute atomic E-state index is 0.988. The highest BCUT2D eigenvalue weighted by atomic mass is 32.2. The summed E-state index contributed by atoms with van der Waals surface area (Å²) in [7, 11) is 0. The van der Waals surface area contributed by atoms with Crippen LogP contribution in [0.3, 0.4) is 0 Å². The van der Waals surface area contributed by atoms with Crippen molar-refractivity contribution in [2.45, 2.75) is 11.3 Å². The molecule has 0 radical (unpaired) electrons. The third-order valence-electron chi connectivity index (χ3n) is 1.33. The second kappa shape index (κ2) is 4.48. The largest absolute Gasteiger partial charge is 0.230 e. The van der Waals surface area contributed by atoms with Gasteiger partial charge < -0.3 is 0 Å². The van der Waals surface area contributed by atoms with Gasteiger partial charge in [-0.2, -0.15) is 0 Å². The van der Waals surface area contributed by atoms with Gasteiger partial charge in [-0.15, -0.1) is 11.3 Å². The number of nitrogens with zero attached hydrogens (tertiary/aromatic N) is 1. The number of hydrogen-bond acceptors (Lipinski definition) is 3. The highest BCUT2D eigenvalue weighted by Crippen LogP contribution is 2.10. The second-order valence-corrected chi connectivity index (χ2v) is 4.32. The molecule has 1 rings (SSSR count). The first-order valence-corrected chi connectivity index (χ1v) is 5.65. The van der Waals surface area contributed by atoms with E-state index in [0.29, 0.717) is 0 Å². The lowest BCUT2D eigenvalue weighted by molar-refractivity contribution is 1.19. The minimum atomic E-state index is 0.988. The van der Waals surface area contributed by atoms with Crippen molar-refractivity contribution in [1.29, 1.82) is 0 Å². The van der Waals surface area contributed by atoms with E-state index in [9.17, 15) is 0 Å². The number of hydrogen-bond donors (Lipinski definition) is 0. The van der Waals surface area contributed by atoms with E-state index >= 15 is 0 Å². The van der Waals surface area contributed by atoms with Crippen LogP contribution in [0.4, 0.5) is 0 Å². The van der Waals surface area contributed by atoms with Crippen LogP contribution in [0.5, 0.6) is 0 Å². The molecule has 0 saturated carbocycles. The molecule has 1 nitrogen and oxygen atoms in total. The summed E-state index contributed by atoms with van der Waals surface area (Å²) in [6.07, 6.45) is 7.97. The molecule has 0 spiro atoms. The summed E-state index contributed by atoms with van der Waals surface area (Å²) in [5.41, 5.74) is 0. The van der Waals surface area contributed by atoms with Gasteiger partial charge in [0.15, 0.2) is 4.34 Å². The van der Waals surface area contributed by atoms with Gasteiger partial charge in [0, 0.05) is 4.53 Å². The van der Waals surface area contributed by atoms with Crippen LogP contribution in [0.25, 0.3) is 12.7 Å². The first-order valence-electron chi connectivity index (χ1n) is 3.60. The highest BCUT2D eigenvalue weighted by Gasteiger charge is 1.93. The Labute approximate surface area is 80.5 Å². The molecule has 0 bridgehead atoms. The first-order chi connectivity index (χ1) is 5.77. The molecular weight excluding hydrogens is 186 g/mol. The molecule has 0 amide bonds. The van der Waals surface area contributed by atoms with E-state index in [1.165, 1.54) is 0 Å². The molecule has 0 atom stereocenters. The smallest absolute Gasteiger partial charge is 0.150 e. The van der Waals surface area contributed by atoms with E-state index in [1.54, 1.807) is 23.1 Å². The summed E-state index contributed by atoms with van der Waals surface area (Å²) in [4.78, 5) is 4.38. The molecule has 3 heteroatoms. The van der Waals surface area contributed by atoms with E-state index in [0.717, 1.165) is 14.2 Å². The first kappa shape index (κ1) is 9.55. The van der Waals surface area contributed by atoms with Crippen molar-refractivity contribution < 1.29 is 0 Å². The van der Waals surface area contributed by atoms with Crippen molar-refractivity contribution in [3.63, 3.8) is 0 Å². The quantitative estimate of drug-likeness (QED) is 0.668. The van der Waals surface area contributed by atoms with Crippen LogP contribution >= 0.6 is 23.1 Å². The SMILES string of the molecule is C=c1sc(SC)n/c1=C/C=C\C. The Bertz CT molecular complexity index is 376. The molecule has 0 aliphatic heterocycles. The summed E-state index contributed by atoms with van der Waals surface area (Å²) in [6, 6.07) is 0. The molecule has 0 aliphatic rings. The molecular formula is C9H11NS2. The Balaban J connectivity index is 3.16. The molecule has 0 aliphatic carbocycles. The fourth-order valence-electron chi connectivity index (χ4n) is 0.746. The maximum absolute atomic E-state index is 4.38. The van der Waals surface area contributed by atoms with Crippen LogP contribution in [0.2, 0.25) is 0 Å². The predicted molar refractivity (Wildman–Crippen MR) is 57.9 cm³/mol. The van der Waals surface area contributed by atoms with E-state index in [1.807, 2.05) is 31.4 Å². The molecule has 0 N–H and O–H groups in total. The fourth-order valence-corrected chi connectivity index (χ4v) is 2.14. The van der Waals surface area contributed by atoms with Crippen LogP contribution in [-0.4, -0.2) is 11.2 Å². The van der Waals surface area contributed by atoms with Gasteiger partial charge in [-0.25, -0.2) is 4.98 Å². The van der Waals surface area contributed by atoms with E-state index in [2.05, 4.69) is 11.6 Å². The van der Waals surface area contributed by atoms with Crippen LogP contribution in [0.15, 0.2) is 16.5 Å². The molecule has 64 valence electrons. The van der Waals surface area contributed by atoms with Crippen molar-refractivity contribution in [3.8, 4) is 0 Å². The molecule has 12 heavy (non-hydrogen) atoms. The number of thiazole rings is 1. The molecule has 1 heterocycles. The van der Waals surface area contributed by atoms with Gasteiger partial charge in [-0.1, -0.05) is 30.5 Å². The number of allylic oxidation sites excluding steroid dienone is 2. The molecule has 0 unspecified atom stereocenters. The topological polar surface area (TPSA) is 12.9 Å². The fraction of sp³-hybridized carbons (Fsp3) is 0.222. The molecule has 0 aromatic carbocycles. The van der Waals surface area contributed by atoms with E-state index < -0.39 is 0 Å². The van der Waals surface area contributed by atoms with Gasteiger partial charge >= 0.3 is 0 Å². The lowest BCUT2D eigenvalue weighted by atomic mass is 10.4. The molecule has 0 fully saturated rings. The Morgan fingerprint density at radius 3 is 2.83 bits per heavy atom. The van der Waals surface area contributed by atoms with Crippen LogP contribution in [0, 0.1) is 0 Å². The maximum Gasteiger partial charge on any atom is 0.150 e. The van der Waals surface area contributed by atoms with E-state index in [-0.39, 0.29) is 0 Å². The van der Waals surface area contributed by atoms with Gasteiger partial charge in [-0.05, 0) is 19.3 Å². The van der Waals surface area contributed by atoms with Crippen molar-refractivity contribution in [2.24, 2.45) is 0 Å². The number of aromatic nitrogens is 1. The Morgan fingerprint density at radius 1 is 1.58 bits per heavy atom. The summed E-state index contributed by atoms with van der Waals surface area (Å²) < 4.78 is 2.12. The van der Waals surface area contributed by atoms with Crippen molar-refractivity contribution in [2.75, 3.05) is 6.26 Å². The summed E-state index contributed by atoms with van der Waals surface area (Å²) in [5, 5.41) is 0.988. The normalized spacial score (nSPS) is 13.0.